The molecule has 0 atom stereocenters. The SMILES string of the molecule is CC1=CNNN1C1CC1. The average molecular weight is 125 g/mol. The molecule has 0 bridgehead atoms. The van der Waals surface area contributed by atoms with Crippen molar-refractivity contribution in [1.82, 2.24) is 16.0 Å². The molecule has 1 aliphatic carbocycles. The lowest BCUT2D eigenvalue weighted by atomic mass is 10.5. The molecule has 1 heterocycles. The maximum absolute atomic E-state index is 3.06. The summed E-state index contributed by atoms with van der Waals surface area (Å²) in [6.45, 7) is 2.10. The van der Waals surface area contributed by atoms with E-state index in [4.69, 9.17) is 0 Å². The van der Waals surface area contributed by atoms with Gasteiger partial charge in [0.05, 0.1) is 0 Å². The number of rotatable bonds is 1. The molecule has 9 heavy (non-hydrogen) atoms. The molecule has 1 aliphatic heterocycles. The number of nitrogens with zero attached hydrogens (tertiary/aromatic N) is 1. The molecule has 0 aromatic rings. The molecule has 2 rings (SSSR count). The van der Waals surface area contributed by atoms with Gasteiger partial charge in [-0.15, -0.1) is 5.53 Å². The van der Waals surface area contributed by atoms with Gasteiger partial charge in [0.2, 0.25) is 0 Å². The molecular formula is C6H11N3. The quantitative estimate of drug-likeness (QED) is 0.529. The lowest BCUT2D eigenvalue weighted by molar-refractivity contribution is 0.242. The molecule has 1 fully saturated rings. The molecule has 3 nitrogen and oxygen atoms in total. The Morgan fingerprint density at radius 1 is 1.67 bits per heavy atom. The highest BCUT2D eigenvalue weighted by atomic mass is 15.7. The van der Waals surface area contributed by atoms with E-state index in [1.807, 2.05) is 6.20 Å². The highest BCUT2D eigenvalue weighted by molar-refractivity contribution is 5.03. The molecule has 0 spiro atoms. The minimum absolute atomic E-state index is 0.760. The van der Waals surface area contributed by atoms with Crippen LogP contribution in [0.3, 0.4) is 0 Å². The van der Waals surface area contributed by atoms with Crippen LogP contribution in [-0.4, -0.2) is 11.1 Å². The Morgan fingerprint density at radius 2 is 2.44 bits per heavy atom. The van der Waals surface area contributed by atoms with Crippen molar-refractivity contribution in [3.63, 3.8) is 0 Å². The lowest BCUT2D eigenvalue weighted by Gasteiger charge is -2.17. The van der Waals surface area contributed by atoms with E-state index in [0.717, 1.165) is 6.04 Å². The molecule has 0 saturated heterocycles. The highest BCUT2D eigenvalue weighted by Crippen LogP contribution is 2.28. The summed E-state index contributed by atoms with van der Waals surface area (Å²) < 4.78 is 0. The van der Waals surface area contributed by atoms with E-state index >= 15 is 0 Å². The summed E-state index contributed by atoms with van der Waals surface area (Å²) in [5.41, 5.74) is 7.31. The summed E-state index contributed by atoms with van der Waals surface area (Å²) in [6.07, 6.45) is 4.65. The summed E-state index contributed by atoms with van der Waals surface area (Å²) in [4.78, 5) is 0. The van der Waals surface area contributed by atoms with Crippen LogP contribution in [0.1, 0.15) is 19.8 Å². The molecule has 0 aromatic heterocycles. The molecular weight excluding hydrogens is 114 g/mol. The first-order valence-electron chi connectivity index (χ1n) is 3.35. The molecule has 0 radical (unpaired) electrons. The first kappa shape index (κ1) is 5.11. The zero-order chi connectivity index (χ0) is 6.27. The second-order valence-corrected chi connectivity index (χ2v) is 2.64. The second kappa shape index (κ2) is 1.64. The van der Waals surface area contributed by atoms with Crippen molar-refractivity contribution in [1.29, 1.82) is 0 Å². The Hall–Kier alpha value is -0.700. The van der Waals surface area contributed by atoms with Gasteiger partial charge < -0.3 is 5.43 Å². The van der Waals surface area contributed by atoms with Crippen molar-refractivity contribution >= 4 is 0 Å². The zero-order valence-electron chi connectivity index (χ0n) is 5.52. The summed E-state index contributed by atoms with van der Waals surface area (Å²) in [6, 6.07) is 0.760. The highest BCUT2D eigenvalue weighted by Gasteiger charge is 2.30. The van der Waals surface area contributed by atoms with Gasteiger partial charge in [0.25, 0.3) is 0 Å². The van der Waals surface area contributed by atoms with Crippen LogP contribution in [0.25, 0.3) is 0 Å². The van der Waals surface area contributed by atoms with Crippen LogP contribution in [0.2, 0.25) is 0 Å². The van der Waals surface area contributed by atoms with Crippen LogP contribution in [0.5, 0.6) is 0 Å². The largest absolute Gasteiger partial charge is 0.309 e. The number of hydrogen-bond donors (Lipinski definition) is 2. The Kier molecular flexibility index (Phi) is 0.931. The number of hydrogen-bond acceptors (Lipinski definition) is 3. The van der Waals surface area contributed by atoms with E-state index in [9.17, 15) is 0 Å². The van der Waals surface area contributed by atoms with Crippen LogP contribution in [0.15, 0.2) is 11.9 Å². The fourth-order valence-corrected chi connectivity index (χ4v) is 1.08. The number of allylic oxidation sites excluding steroid dienone is 1. The van der Waals surface area contributed by atoms with Crippen molar-refractivity contribution in [3.8, 4) is 0 Å². The van der Waals surface area contributed by atoms with Crippen LogP contribution >= 0.6 is 0 Å². The first-order chi connectivity index (χ1) is 4.38. The fourth-order valence-electron chi connectivity index (χ4n) is 1.08. The average Bonchev–Trinajstić information content (AvgIpc) is 2.58. The van der Waals surface area contributed by atoms with Gasteiger partial charge in [-0.1, -0.05) is 0 Å². The van der Waals surface area contributed by atoms with Crippen LogP contribution < -0.4 is 11.0 Å². The zero-order valence-corrected chi connectivity index (χ0v) is 5.52. The Morgan fingerprint density at radius 3 is 2.89 bits per heavy atom. The predicted molar refractivity (Wildman–Crippen MR) is 34.9 cm³/mol. The van der Waals surface area contributed by atoms with E-state index in [1.165, 1.54) is 18.5 Å². The van der Waals surface area contributed by atoms with Crippen molar-refractivity contribution in [2.75, 3.05) is 0 Å². The van der Waals surface area contributed by atoms with Gasteiger partial charge in [0, 0.05) is 17.9 Å². The maximum atomic E-state index is 3.06. The third kappa shape index (κ3) is 0.772. The van der Waals surface area contributed by atoms with E-state index in [-0.39, 0.29) is 0 Å². The van der Waals surface area contributed by atoms with E-state index in [2.05, 4.69) is 22.9 Å². The van der Waals surface area contributed by atoms with Gasteiger partial charge in [-0.2, -0.15) is 0 Å². The first-order valence-corrected chi connectivity index (χ1v) is 3.35. The number of nitrogens with one attached hydrogen (secondary N) is 2. The van der Waals surface area contributed by atoms with Gasteiger partial charge in [-0.3, -0.25) is 5.01 Å². The van der Waals surface area contributed by atoms with Gasteiger partial charge in [0.1, 0.15) is 0 Å². The topological polar surface area (TPSA) is 27.3 Å². The third-order valence-electron chi connectivity index (χ3n) is 1.76. The Labute approximate surface area is 54.7 Å². The fraction of sp³-hybridized carbons (Fsp3) is 0.667. The molecule has 1 saturated carbocycles. The molecule has 0 unspecified atom stereocenters. The molecule has 3 heteroatoms. The Bertz CT molecular complexity index is 148. The summed E-state index contributed by atoms with van der Waals surface area (Å²) in [5, 5.41) is 2.18. The van der Waals surface area contributed by atoms with Crippen LogP contribution in [0, 0.1) is 0 Å². The van der Waals surface area contributed by atoms with Gasteiger partial charge >= 0.3 is 0 Å². The van der Waals surface area contributed by atoms with Crippen molar-refractivity contribution in [3.05, 3.63) is 11.9 Å². The van der Waals surface area contributed by atoms with Gasteiger partial charge in [0.15, 0.2) is 0 Å². The third-order valence-corrected chi connectivity index (χ3v) is 1.76. The van der Waals surface area contributed by atoms with E-state index in [1.54, 1.807) is 0 Å². The summed E-state index contributed by atoms with van der Waals surface area (Å²) in [5.74, 6) is 0. The minimum atomic E-state index is 0.760. The number of hydrazine groups is 2. The monoisotopic (exact) mass is 125 g/mol. The lowest BCUT2D eigenvalue weighted by Crippen LogP contribution is -2.38. The molecule has 0 aromatic carbocycles. The molecule has 0 amide bonds. The van der Waals surface area contributed by atoms with Gasteiger partial charge in [-0.25, -0.2) is 0 Å². The summed E-state index contributed by atoms with van der Waals surface area (Å²) in [7, 11) is 0. The van der Waals surface area contributed by atoms with E-state index < -0.39 is 0 Å². The molecule has 2 N–H and O–H groups in total. The molecule has 2 aliphatic rings. The minimum Gasteiger partial charge on any atom is -0.309 e. The predicted octanol–water partition coefficient (Wildman–Crippen LogP) is 0.335. The summed E-state index contributed by atoms with van der Waals surface area (Å²) >= 11 is 0. The maximum Gasteiger partial charge on any atom is 0.0471 e. The standard InChI is InChI=1S/C6H11N3/c1-5-4-7-8-9(5)6-2-3-6/h4,6-8H,2-3H2,1H3. The van der Waals surface area contributed by atoms with Gasteiger partial charge in [-0.05, 0) is 19.8 Å². The van der Waals surface area contributed by atoms with Crippen molar-refractivity contribution in [2.24, 2.45) is 0 Å². The van der Waals surface area contributed by atoms with Crippen molar-refractivity contribution < 1.29 is 0 Å². The van der Waals surface area contributed by atoms with Crippen molar-refractivity contribution in [2.45, 2.75) is 25.8 Å². The smallest absolute Gasteiger partial charge is 0.0471 e. The Balaban J connectivity index is 2.03. The normalized spacial score (nSPS) is 25.9. The van der Waals surface area contributed by atoms with E-state index in [0.29, 0.717) is 0 Å². The van der Waals surface area contributed by atoms with Crippen LogP contribution in [0.4, 0.5) is 0 Å². The van der Waals surface area contributed by atoms with Crippen LogP contribution in [-0.2, 0) is 0 Å². The molecule has 50 valence electrons. The second-order valence-electron chi connectivity index (χ2n) is 2.64.